The molecule has 194 valence electrons. The zero-order valence-corrected chi connectivity index (χ0v) is 21.9. The van der Waals surface area contributed by atoms with Gasteiger partial charge >= 0.3 is 18.2 Å². The molecule has 2 atom stereocenters. The molecule has 0 aromatic carbocycles. The van der Waals surface area contributed by atoms with Crippen LogP contribution in [0.3, 0.4) is 0 Å². The Balaban J connectivity index is 0.000000340. The van der Waals surface area contributed by atoms with Gasteiger partial charge in [-0.05, 0) is 81.1 Å². The molecule has 0 aromatic heterocycles. The van der Waals surface area contributed by atoms with Gasteiger partial charge < -0.3 is 24.4 Å². The third kappa shape index (κ3) is 9.71. The Labute approximate surface area is 202 Å². The van der Waals surface area contributed by atoms with Gasteiger partial charge in [-0.25, -0.2) is 14.4 Å². The number of carbonyl (C=O) groups excluding carboxylic acids is 3. The molecule has 2 fully saturated rings. The van der Waals surface area contributed by atoms with Gasteiger partial charge in [-0.1, -0.05) is 0 Å². The van der Waals surface area contributed by atoms with Crippen molar-refractivity contribution in [1.29, 1.82) is 0 Å². The minimum atomic E-state index is -0.856. The normalized spacial score (nSPS) is 25.3. The van der Waals surface area contributed by atoms with Crippen LogP contribution in [0, 0.1) is 5.41 Å². The number of carbonyl (C=O) groups is 3. The Morgan fingerprint density at radius 3 is 1.71 bits per heavy atom. The van der Waals surface area contributed by atoms with E-state index in [4.69, 9.17) is 14.6 Å². The van der Waals surface area contributed by atoms with E-state index in [1.54, 1.807) is 38.7 Å². The average Bonchev–Trinajstić information content (AvgIpc) is 2.66. The van der Waals surface area contributed by atoms with Gasteiger partial charge in [0, 0.05) is 26.2 Å². The van der Waals surface area contributed by atoms with E-state index in [0.29, 0.717) is 32.5 Å². The van der Waals surface area contributed by atoms with Crippen LogP contribution in [0.2, 0.25) is 0 Å². The van der Waals surface area contributed by atoms with Crippen molar-refractivity contribution in [3.63, 3.8) is 0 Å². The second kappa shape index (κ2) is 11.2. The first kappa shape index (κ1) is 29.4. The molecule has 1 N–H and O–H groups in total. The lowest BCUT2D eigenvalue weighted by molar-refractivity contribution is -0.150. The molecule has 10 nitrogen and oxygen atoms in total. The zero-order valence-electron chi connectivity index (χ0n) is 21.9. The minimum absolute atomic E-state index is 0.219. The first-order chi connectivity index (χ1) is 15.4. The predicted octanol–water partition coefficient (Wildman–Crippen LogP) is 4.22. The van der Waals surface area contributed by atoms with Crippen molar-refractivity contribution < 1.29 is 33.8 Å². The number of rotatable bonds is 2. The predicted molar refractivity (Wildman–Crippen MR) is 126 cm³/mol. The van der Waals surface area contributed by atoms with Gasteiger partial charge in [0.2, 0.25) is 6.08 Å². The van der Waals surface area contributed by atoms with E-state index < -0.39 is 34.2 Å². The Hall–Kier alpha value is -2.61. The van der Waals surface area contributed by atoms with Crippen molar-refractivity contribution >= 4 is 24.2 Å². The number of hydrogen-bond donors (Lipinski definition) is 1. The van der Waals surface area contributed by atoms with Crippen LogP contribution < -0.4 is 0 Å². The summed E-state index contributed by atoms with van der Waals surface area (Å²) in [5.74, 6) is -0.856. The van der Waals surface area contributed by atoms with Gasteiger partial charge in [-0.3, -0.25) is 4.79 Å². The van der Waals surface area contributed by atoms with Crippen LogP contribution in [0.4, 0.5) is 9.59 Å². The fourth-order valence-corrected chi connectivity index (χ4v) is 3.80. The third-order valence-electron chi connectivity index (χ3n) is 5.51. The first-order valence-corrected chi connectivity index (χ1v) is 11.7. The Morgan fingerprint density at radius 1 is 0.853 bits per heavy atom. The summed E-state index contributed by atoms with van der Waals surface area (Å²) in [5.41, 5.74) is -2.42. The van der Waals surface area contributed by atoms with Crippen LogP contribution in [0.1, 0.15) is 81.1 Å². The monoisotopic (exact) mass is 483 g/mol. The maximum absolute atomic E-state index is 11.9. The number of likely N-dealkylation sites (tertiary alicyclic amines) is 2. The Kier molecular flexibility index (Phi) is 9.70. The summed E-state index contributed by atoms with van der Waals surface area (Å²) in [6.07, 6.45) is 3.72. The Morgan fingerprint density at radius 2 is 1.29 bits per heavy atom. The van der Waals surface area contributed by atoms with Gasteiger partial charge in [-0.2, -0.15) is 4.99 Å². The number of carboxylic acids is 1. The number of aliphatic carboxylic acids is 1. The molecule has 0 spiro atoms. The molecule has 0 aromatic rings. The number of isocyanates is 1. The highest BCUT2D eigenvalue weighted by atomic mass is 16.6. The van der Waals surface area contributed by atoms with Crippen LogP contribution in [-0.4, -0.2) is 82.1 Å². The van der Waals surface area contributed by atoms with Crippen LogP contribution in [-0.2, 0) is 19.1 Å². The zero-order chi connectivity index (χ0) is 26.4. The molecule has 10 heteroatoms. The van der Waals surface area contributed by atoms with E-state index in [1.807, 2.05) is 27.7 Å². The summed E-state index contributed by atoms with van der Waals surface area (Å²) in [7, 11) is 0. The van der Waals surface area contributed by atoms with Crippen LogP contribution in [0.5, 0.6) is 0 Å². The number of aliphatic imine (C=N–C) groups is 1. The molecule has 34 heavy (non-hydrogen) atoms. The number of hydrogen-bond acceptors (Lipinski definition) is 7. The molecule has 0 saturated carbocycles. The summed E-state index contributed by atoms with van der Waals surface area (Å²) in [6, 6.07) is 0. The number of carboxylic acid groups (broad SMARTS) is 1. The summed E-state index contributed by atoms with van der Waals surface area (Å²) in [5, 5.41) is 9.15. The summed E-state index contributed by atoms with van der Waals surface area (Å²) in [6.45, 7) is 16.3. The highest BCUT2D eigenvalue weighted by molar-refractivity contribution is 5.76. The third-order valence-corrected chi connectivity index (χ3v) is 5.51. The van der Waals surface area contributed by atoms with E-state index in [2.05, 4.69) is 4.99 Å². The fraction of sp³-hybridized carbons (Fsp3) is 0.833. The molecule has 2 amide bonds. The van der Waals surface area contributed by atoms with Crippen molar-refractivity contribution in [1.82, 2.24) is 9.80 Å². The highest BCUT2D eigenvalue weighted by Crippen LogP contribution is 2.30. The summed E-state index contributed by atoms with van der Waals surface area (Å²) >= 11 is 0. The number of amides is 2. The van der Waals surface area contributed by atoms with E-state index in [0.717, 1.165) is 12.8 Å². The number of ether oxygens (including phenoxy) is 2. The van der Waals surface area contributed by atoms with Gasteiger partial charge in [0.05, 0.1) is 11.0 Å². The van der Waals surface area contributed by atoms with Gasteiger partial charge in [0.25, 0.3) is 0 Å². The summed E-state index contributed by atoms with van der Waals surface area (Å²) < 4.78 is 10.5. The SMILES string of the molecule is CC(C)(C)OC(=O)N1CCCC(C)(C(=O)O)C1.CC1(N=C=O)CCCN(C(=O)OC(C)(C)C)C1. The molecule has 2 aliphatic rings. The summed E-state index contributed by atoms with van der Waals surface area (Å²) in [4.78, 5) is 52.1. The van der Waals surface area contributed by atoms with Crippen molar-refractivity contribution in [2.75, 3.05) is 26.2 Å². The molecule has 0 aliphatic carbocycles. The average molecular weight is 484 g/mol. The van der Waals surface area contributed by atoms with E-state index in [1.165, 1.54) is 4.90 Å². The standard InChI is InChI=1S/C12H20N2O3.C12H21NO4/c1-11(2,3)17-10(16)14-7-5-6-12(4,8-14)13-9-15;1-11(2,3)17-10(16)13-7-5-6-12(4,8-13)9(14)15/h5-8H2,1-4H3;5-8H2,1-4H3,(H,14,15). The second-order valence-electron chi connectivity index (χ2n) is 11.6. The van der Waals surface area contributed by atoms with E-state index in [-0.39, 0.29) is 12.6 Å². The second-order valence-corrected chi connectivity index (χ2v) is 11.6. The lowest BCUT2D eigenvalue weighted by Gasteiger charge is -2.38. The quantitative estimate of drug-likeness (QED) is 0.460. The minimum Gasteiger partial charge on any atom is -0.481 e. The van der Waals surface area contributed by atoms with Crippen LogP contribution >= 0.6 is 0 Å². The van der Waals surface area contributed by atoms with Crippen LogP contribution in [0.15, 0.2) is 4.99 Å². The largest absolute Gasteiger partial charge is 0.481 e. The molecule has 2 rings (SSSR count). The van der Waals surface area contributed by atoms with Crippen molar-refractivity contribution in [2.45, 2.75) is 97.8 Å². The first-order valence-electron chi connectivity index (χ1n) is 11.7. The van der Waals surface area contributed by atoms with Gasteiger partial charge in [0.15, 0.2) is 0 Å². The van der Waals surface area contributed by atoms with Gasteiger partial charge in [0.1, 0.15) is 11.2 Å². The maximum atomic E-state index is 11.9. The molecule has 2 heterocycles. The number of piperidine rings is 2. The lowest BCUT2D eigenvalue weighted by atomic mass is 9.82. The maximum Gasteiger partial charge on any atom is 0.410 e. The smallest absolute Gasteiger partial charge is 0.410 e. The van der Waals surface area contributed by atoms with Gasteiger partial charge in [-0.15, -0.1) is 0 Å². The van der Waals surface area contributed by atoms with E-state index in [9.17, 15) is 19.2 Å². The van der Waals surface area contributed by atoms with Crippen molar-refractivity contribution in [3.05, 3.63) is 0 Å². The molecule has 2 aliphatic heterocycles. The Bertz CT molecular complexity index is 743. The molecule has 0 bridgehead atoms. The molecular weight excluding hydrogens is 442 g/mol. The van der Waals surface area contributed by atoms with Crippen molar-refractivity contribution in [3.8, 4) is 0 Å². The molecule has 2 unspecified atom stereocenters. The molecule has 2 saturated heterocycles. The lowest BCUT2D eigenvalue weighted by Crippen LogP contribution is -2.49. The molecule has 0 radical (unpaired) electrons. The topological polar surface area (TPSA) is 126 Å². The van der Waals surface area contributed by atoms with Crippen molar-refractivity contribution in [2.24, 2.45) is 10.4 Å². The number of nitrogens with zero attached hydrogens (tertiary/aromatic N) is 3. The fourth-order valence-electron chi connectivity index (χ4n) is 3.80. The molecular formula is C24H41N3O7. The highest BCUT2D eigenvalue weighted by Gasteiger charge is 2.40. The van der Waals surface area contributed by atoms with Crippen LogP contribution in [0.25, 0.3) is 0 Å². The van der Waals surface area contributed by atoms with E-state index >= 15 is 0 Å².